The van der Waals surface area contributed by atoms with E-state index >= 15 is 0 Å². The Morgan fingerprint density at radius 3 is 2.24 bits per heavy atom. The normalized spacial score (nSPS) is 16.5. The summed E-state index contributed by atoms with van der Waals surface area (Å²) in [7, 11) is -3.23. The summed E-state index contributed by atoms with van der Waals surface area (Å²) in [5.41, 5.74) is 4.03. The zero-order valence-corrected chi connectivity index (χ0v) is 15.3. The monoisotopic (exact) mass is 358 g/mol. The molecule has 0 unspecified atom stereocenters. The number of aryl methyl sites for hydroxylation is 2. The zero-order valence-electron chi connectivity index (χ0n) is 14.5. The molecule has 25 heavy (non-hydrogen) atoms. The van der Waals surface area contributed by atoms with Gasteiger partial charge >= 0.3 is 0 Å². The number of nitrogens with one attached hydrogen (secondary N) is 1. The summed E-state index contributed by atoms with van der Waals surface area (Å²) >= 11 is 0. The van der Waals surface area contributed by atoms with Crippen LogP contribution in [0.1, 0.15) is 34.3 Å². The quantitative estimate of drug-likeness (QED) is 0.913. The molecule has 2 aromatic rings. The van der Waals surface area contributed by atoms with Gasteiger partial charge in [0.1, 0.15) is 0 Å². The Balaban J connectivity index is 1.76. The van der Waals surface area contributed by atoms with E-state index < -0.39 is 10.0 Å². The molecule has 1 N–H and O–H groups in total. The van der Waals surface area contributed by atoms with Crippen LogP contribution in [-0.4, -0.2) is 26.6 Å². The van der Waals surface area contributed by atoms with Crippen LogP contribution in [0.3, 0.4) is 0 Å². The first kappa shape index (κ1) is 17.5. The number of hydrogen-bond acceptors (Lipinski definition) is 3. The van der Waals surface area contributed by atoms with E-state index in [4.69, 9.17) is 0 Å². The highest BCUT2D eigenvalue weighted by Gasteiger charge is 2.25. The van der Waals surface area contributed by atoms with E-state index in [0.29, 0.717) is 24.2 Å². The summed E-state index contributed by atoms with van der Waals surface area (Å²) in [5, 5.41) is 2.88. The Labute approximate surface area is 148 Å². The van der Waals surface area contributed by atoms with Crippen LogP contribution >= 0.6 is 0 Å². The predicted octanol–water partition coefficient (Wildman–Crippen LogP) is 3.49. The molecule has 3 rings (SSSR count). The molecule has 0 spiro atoms. The fraction of sp³-hybridized carbons (Fsp3) is 0.316. The van der Waals surface area contributed by atoms with Gasteiger partial charge in [0.05, 0.1) is 11.4 Å². The number of carbonyl (C=O) groups excluding carboxylic acids is 1. The Morgan fingerprint density at radius 2 is 1.64 bits per heavy atom. The zero-order chi connectivity index (χ0) is 18.0. The molecule has 1 heterocycles. The topological polar surface area (TPSA) is 66.5 Å². The highest BCUT2D eigenvalue weighted by molar-refractivity contribution is 7.92. The molecule has 0 aromatic heterocycles. The van der Waals surface area contributed by atoms with Crippen molar-refractivity contribution < 1.29 is 13.2 Å². The Hall–Kier alpha value is -2.34. The minimum Gasteiger partial charge on any atom is -0.322 e. The third kappa shape index (κ3) is 4.02. The molecule has 1 aliphatic heterocycles. The number of sulfonamides is 1. The summed E-state index contributed by atoms with van der Waals surface area (Å²) in [6.07, 6.45) is 1.56. The highest BCUT2D eigenvalue weighted by Crippen LogP contribution is 2.24. The third-order valence-corrected chi connectivity index (χ3v) is 6.12. The number of anilines is 2. The van der Waals surface area contributed by atoms with E-state index in [2.05, 4.69) is 5.32 Å². The second-order valence-corrected chi connectivity index (χ2v) is 8.49. The van der Waals surface area contributed by atoms with E-state index in [0.717, 1.165) is 23.2 Å². The SMILES string of the molecule is Cc1cc(C)cc(NC(=O)c2ccc(N3CCCCS3(=O)=O)cc2)c1. The number of amides is 1. The lowest BCUT2D eigenvalue weighted by Crippen LogP contribution is -2.37. The van der Waals surface area contributed by atoms with E-state index in [9.17, 15) is 13.2 Å². The first-order valence-corrected chi connectivity index (χ1v) is 9.96. The van der Waals surface area contributed by atoms with Crippen molar-refractivity contribution in [2.75, 3.05) is 21.9 Å². The van der Waals surface area contributed by atoms with E-state index in [-0.39, 0.29) is 11.7 Å². The fourth-order valence-electron chi connectivity index (χ4n) is 3.11. The van der Waals surface area contributed by atoms with Crippen molar-refractivity contribution in [2.24, 2.45) is 0 Å². The van der Waals surface area contributed by atoms with Gasteiger partial charge in [-0.1, -0.05) is 6.07 Å². The third-order valence-electron chi connectivity index (χ3n) is 4.25. The van der Waals surface area contributed by atoms with Crippen LogP contribution in [0.5, 0.6) is 0 Å². The smallest absolute Gasteiger partial charge is 0.255 e. The van der Waals surface area contributed by atoms with E-state index in [1.165, 1.54) is 4.31 Å². The maximum Gasteiger partial charge on any atom is 0.255 e. The molecule has 1 fully saturated rings. The van der Waals surface area contributed by atoms with Crippen molar-refractivity contribution in [3.05, 3.63) is 59.2 Å². The lowest BCUT2D eigenvalue weighted by molar-refractivity contribution is 0.102. The van der Waals surface area contributed by atoms with Gasteiger partial charge in [0.25, 0.3) is 5.91 Å². The molecule has 0 atom stereocenters. The van der Waals surface area contributed by atoms with Gasteiger partial charge in [0, 0.05) is 17.8 Å². The molecule has 132 valence electrons. The van der Waals surface area contributed by atoms with Gasteiger partial charge in [-0.15, -0.1) is 0 Å². The molecule has 2 aromatic carbocycles. The molecule has 1 aliphatic rings. The molecule has 0 radical (unpaired) electrons. The van der Waals surface area contributed by atoms with Crippen molar-refractivity contribution in [2.45, 2.75) is 26.7 Å². The van der Waals surface area contributed by atoms with Crippen LogP contribution in [0.15, 0.2) is 42.5 Å². The van der Waals surface area contributed by atoms with Crippen LogP contribution in [0.25, 0.3) is 0 Å². The Morgan fingerprint density at radius 1 is 1.00 bits per heavy atom. The number of nitrogens with zero attached hydrogens (tertiary/aromatic N) is 1. The summed E-state index contributed by atoms with van der Waals surface area (Å²) in [5.74, 6) is -0.0277. The Bertz CT molecular complexity index is 869. The van der Waals surface area contributed by atoms with Gasteiger partial charge in [-0.3, -0.25) is 9.10 Å². The van der Waals surface area contributed by atoms with E-state index in [1.807, 2.05) is 32.0 Å². The average molecular weight is 358 g/mol. The van der Waals surface area contributed by atoms with Gasteiger partial charge in [-0.05, 0) is 74.2 Å². The molecule has 0 saturated carbocycles. The minimum absolute atomic E-state index is 0.182. The summed E-state index contributed by atoms with van der Waals surface area (Å²) in [6.45, 7) is 4.46. The maximum atomic E-state index is 12.4. The minimum atomic E-state index is -3.23. The van der Waals surface area contributed by atoms with Gasteiger partial charge < -0.3 is 5.32 Å². The van der Waals surface area contributed by atoms with Crippen LogP contribution in [0.2, 0.25) is 0 Å². The fourth-order valence-corrected chi connectivity index (χ4v) is 4.75. The molecule has 6 heteroatoms. The number of carbonyl (C=O) groups is 1. The predicted molar refractivity (Wildman–Crippen MR) is 101 cm³/mol. The largest absolute Gasteiger partial charge is 0.322 e. The van der Waals surface area contributed by atoms with Crippen molar-refractivity contribution in [1.82, 2.24) is 0 Å². The van der Waals surface area contributed by atoms with Gasteiger partial charge in [-0.25, -0.2) is 8.42 Å². The van der Waals surface area contributed by atoms with Crippen LogP contribution < -0.4 is 9.62 Å². The molecular formula is C19H22N2O3S. The average Bonchev–Trinajstić information content (AvgIpc) is 2.53. The molecule has 5 nitrogen and oxygen atoms in total. The van der Waals surface area contributed by atoms with Gasteiger partial charge in [0.2, 0.25) is 10.0 Å². The maximum absolute atomic E-state index is 12.4. The first-order valence-electron chi connectivity index (χ1n) is 8.35. The molecule has 0 aliphatic carbocycles. The second kappa shape index (κ2) is 6.88. The number of benzene rings is 2. The van der Waals surface area contributed by atoms with Crippen molar-refractivity contribution in [3.8, 4) is 0 Å². The van der Waals surface area contributed by atoms with Crippen molar-refractivity contribution >= 4 is 27.3 Å². The lowest BCUT2D eigenvalue weighted by atomic mass is 10.1. The Kier molecular flexibility index (Phi) is 4.81. The standard InChI is InChI=1S/C19H22N2O3S/c1-14-11-15(2)13-17(12-14)20-19(22)16-5-7-18(8-6-16)21-9-3-4-10-25(21,23)24/h5-8,11-13H,3-4,9-10H2,1-2H3,(H,20,22). The number of hydrogen-bond donors (Lipinski definition) is 1. The van der Waals surface area contributed by atoms with Crippen molar-refractivity contribution in [1.29, 1.82) is 0 Å². The lowest BCUT2D eigenvalue weighted by Gasteiger charge is -2.28. The van der Waals surface area contributed by atoms with Crippen LogP contribution in [0, 0.1) is 13.8 Å². The summed E-state index contributed by atoms with van der Waals surface area (Å²) in [6, 6.07) is 12.6. The second-order valence-electron chi connectivity index (χ2n) is 6.47. The molecule has 1 saturated heterocycles. The van der Waals surface area contributed by atoms with Crippen molar-refractivity contribution in [3.63, 3.8) is 0 Å². The molecule has 1 amide bonds. The molecule has 0 bridgehead atoms. The summed E-state index contributed by atoms with van der Waals surface area (Å²) in [4.78, 5) is 12.4. The van der Waals surface area contributed by atoms with Crippen LogP contribution in [-0.2, 0) is 10.0 Å². The van der Waals surface area contributed by atoms with Crippen LogP contribution in [0.4, 0.5) is 11.4 Å². The van der Waals surface area contributed by atoms with Gasteiger partial charge in [0.15, 0.2) is 0 Å². The highest BCUT2D eigenvalue weighted by atomic mass is 32.2. The van der Waals surface area contributed by atoms with E-state index in [1.54, 1.807) is 24.3 Å². The number of rotatable bonds is 3. The molecular weight excluding hydrogens is 336 g/mol. The summed E-state index contributed by atoms with van der Waals surface area (Å²) < 4.78 is 25.7. The van der Waals surface area contributed by atoms with Gasteiger partial charge in [-0.2, -0.15) is 0 Å². The first-order chi connectivity index (χ1) is 11.8.